The van der Waals surface area contributed by atoms with E-state index in [9.17, 15) is 0 Å². The van der Waals surface area contributed by atoms with Crippen LogP contribution in [-0.2, 0) is 0 Å². The van der Waals surface area contributed by atoms with E-state index in [-0.39, 0.29) is 6.04 Å². The average molecular weight is 255 g/mol. The van der Waals surface area contributed by atoms with Crippen LogP contribution in [0.4, 0.5) is 5.82 Å². The van der Waals surface area contributed by atoms with Crippen molar-refractivity contribution in [2.45, 2.75) is 33.7 Å². The normalized spacial score (nSPS) is 11.9. The molecule has 2 rings (SSSR count). The van der Waals surface area contributed by atoms with E-state index in [0.717, 1.165) is 22.8 Å². The number of rotatable bonds is 3. The van der Waals surface area contributed by atoms with Crippen molar-refractivity contribution in [3.8, 4) is 6.07 Å². The molecule has 19 heavy (non-hydrogen) atoms. The molecule has 0 aliphatic carbocycles. The minimum Gasteiger partial charge on any atom is -0.466 e. The van der Waals surface area contributed by atoms with Crippen LogP contribution in [0.2, 0.25) is 0 Å². The van der Waals surface area contributed by atoms with Crippen molar-refractivity contribution in [1.82, 2.24) is 4.98 Å². The Morgan fingerprint density at radius 1 is 1.26 bits per heavy atom. The maximum atomic E-state index is 8.96. The van der Waals surface area contributed by atoms with Crippen molar-refractivity contribution in [3.63, 3.8) is 0 Å². The molecule has 1 N–H and O–H groups in total. The first-order valence-electron chi connectivity index (χ1n) is 6.22. The first-order valence-corrected chi connectivity index (χ1v) is 6.22. The average Bonchev–Trinajstić information content (AvgIpc) is 2.67. The number of nitrogens with zero attached hydrogens (tertiary/aromatic N) is 2. The maximum Gasteiger partial charge on any atom is 0.127 e. The van der Waals surface area contributed by atoms with Gasteiger partial charge in [-0.05, 0) is 45.9 Å². The van der Waals surface area contributed by atoms with Crippen LogP contribution in [0.25, 0.3) is 0 Å². The van der Waals surface area contributed by atoms with E-state index < -0.39 is 0 Å². The second-order valence-corrected chi connectivity index (χ2v) is 4.73. The lowest BCUT2D eigenvalue weighted by molar-refractivity contribution is 0.500. The van der Waals surface area contributed by atoms with Crippen molar-refractivity contribution in [2.24, 2.45) is 0 Å². The number of hydrogen-bond acceptors (Lipinski definition) is 4. The quantitative estimate of drug-likeness (QED) is 0.909. The van der Waals surface area contributed by atoms with Crippen LogP contribution in [0.1, 0.15) is 41.3 Å². The number of anilines is 1. The SMILES string of the molecule is Cc1cc(C#N)cc(NC(C)c2cc(C)oc2C)n1. The van der Waals surface area contributed by atoms with Gasteiger partial charge in [0.2, 0.25) is 0 Å². The van der Waals surface area contributed by atoms with Crippen LogP contribution in [0, 0.1) is 32.1 Å². The largest absolute Gasteiger partial charge is 0.466 e. The van der Waals surface area contributed by atoms with Gasteiger partial charge in [-0.1, -0.05) is 0 Å². The van der Waals surface area contributed by atoms with E-state index in [4.69, 9.17) is 9.68 Å². The molecule has 4 nitrogen and oxygen atoms in total. The summed E-state index contributed by atoms with van der Waals surface area (Å²) in [6.45, 7) is 7.81. The third-order valence-electron chi connectivity index (χ3n) is 2.99. The highest BCUT2D eigenvalue weighted by Crippen LogP contribution is 2.24. The summed E-state index contributed by atoms with van der Waals surface area (Å²) < 4.78 is 5.53. The summed E-state index contributed by atoms with van der Waals surface area (Å²) in [7, 11) is 0. The highest BCUT2D eigenvalue weighted by atomic mass is 16.3. The molecule has 2 aromatic heterocycles. The Hall–Kier alpha value is -2.28. The van der Waals surface area contributed by atoms with E-state index in [1.807, 2.05) is 33.8 Å². The van der Waals surface area contributed by atoms with Gasteiger partial charge in [-0.25, -0.2) is 4.98 Å². The molecule has 98 valence electrons. The summed E-state index contributed by atoms with van der Waals surface area (Å²) in [5.41, 5.74) is 2.55. The fourth-order valence-electron chi connectivity index (χ4n) is 2.19. The smallest absolute Gasteiger partial charge is 0.127 e. The zero-order chi connectivity index (χ0) is 14.0. The Morgan fingerprint density at radius 3 is 2.58 bits per heavy atom. The third-order valence-corrected chi connectivity index (χ3v) is 2.99. The highest BCUT2D eigenvalue weighted by Gasteiger charge is 2.13. The van der Waals surface area contributed by atoms with E-state index in [0.29, 0.717) is 11.4 Å². The van der Waals surface area contributed by atoms with Gasteiger partial charge in [0.1, 0.15) is 17.3 Å². The Bertz CT molecular complexity index is 637. The molecule has 0 aliphatic heterocycles. The molecule has 0 amide bonds. The van der Waals surface area contributed by atoms with Gasteiger partial charge in [0.25, 0.3) is 0 Å². The van der Waals surface area contributed by atoms with E-state index in [1.54, 1.807) is 12.1 Å². The summed E-state index contributed by atoms with van der Waals surface area (Å²) in [5, 5.41) is 12.3. The molecule has 0 aromatic carbocycles. The van der Waals surface area contributed by atoms with Crippen molar-refractivity contribution < 1.29 is 4.42 Å². The van der Waals surface area contributed by atoms with E-state index in [2.05, 4.69) is 16.4 Å². The van der Waals surface area contributed by atoms with Gasteiger partial charge in [-0.3, -0.25) is 0 Å². The lowest BCUT2D eigenvalue weighted by atomic mass is 10.1. The van der Waals surface area contributed by atoms with Crippen LogP contribution in [-0.4, -0.2) is 4.98 Å². The fourth-order valence-corrected chi connectivity index (χ4v) is 2.19. The lowest BCUT2D eigenvalue weighted by Gasteiger charge is -2.14. The van der Waals surface area contributed by atoms with Crippen LogP contribution in [0.5, 0.6) is 0 Å². The van der Waals surface area contributed by atoms with Crippen LogP contribution < -0.4 is 5.32 Å². The molecule has 0 aliphatic rings. The number of hydrogen-bond donors (Lipinski definition) is 1. The first-order chi connectivity index (χ1) is 8.99. The lowest BCUT2D eigenvalue weighted by Crippen LogP contribution is -2.08. The van der Waals surface area contributed by atoms with Gasteiger partial charge < -0.3 is 9.73 Å². The number of aromatic nitrogens is 1. The molecule has 0 bridgehead atoms. The molecular formula is C15H17N3O. The van der Waals surface area contributed by atoms with E-state index in [1.165, 1.54) is 0 Å². The van der Waals surface area contributed by atoms with Gasteiger partial charge in [0.15, 0.2) is 0 Å². The summed E-state index contributed by atoms with van der Waals surface area (Å²) in [6, 6.07) is 7.76. The highest BCUT2D eigenvalue weighted by molar-refractivity contribution is 5.46. The molecule has 0 saturated heterocycles. The van der Waals surface area contributed by atoms with Crippen molar-refractivity contribution in [3.05, 3.63) is 46.5 Å². The van der Waals surface area contributed by atoms with Gasteiger partial charge in [0.05, 0.1) is 17.7 Å². The molecule has 0 radical (unpaired) electrons. The van der Waals surface area contributed by atoms with Crippen LogP contribution >= 0.6 is 0 Å². The summed E-state index contributed by atoms with van der Waals surface area (Å²) >= 11 is 0. The zero-order valence-corrected chi connectivity index (χ0v) is 11.6. The molecule has 1 atom stereocenters. The van der Waals surface area contributed by atoms with Gasteiger partial charge in [0, 0.05) is 11.3 Å². The number of aryl methyl sites for hydroxylation is 3. The number of pyridine rings is 1. The Balaban J connectivity index is 2.24. The predicted octanol–water partition coefficient (Wildman–Crippen LogP) is 3.64. The molecule has 1 unspecified atom stereocenters. The minimum absolute atomic E-state index is 0.0818. The Kier molecular flexibility index (Phi) is 3.57. The standard InChI is InChI=1S/C15H17N3O/c1-9-5-13(8-16)7-15(17-9)18-11(3)14-6-10(2)19-12(14)4/h5-7,11H,1-4H3,(H,17,18). The molecule has 2 heterocycles. The first kappa shape index (κ1) is 13.2. The Morgan fingerprint density at radius 2 is 2.00 bits per heavy atom. The number of nitrogens with one attached hydrogen (secondary N) is 1. The van der Waals surface area contributed by atoms with Gasteiger partial charge in [-0.15, -0.1) is 0 Å². The molecular weight excluding hydrogens is 238 g/mol. The maximum absolute atomic E-state index is 8.96. The van der Waals surface area contributed by atoms with E-state index >= 15 is 0 Å². The molecule has 4 heteroatoms. The van der Waals surface area contributed by atoms with Gasteiger partial charge >= 0.3 is 0 Å². The van der Waals surface area contributed by atoms with Crippen LogP contribution in [0.3, 0.4) is 0 Å². The second-order valence-electron chi connectivity index (χ2n) is 4.73. The molecule has 2 aromatic rings. The topological polar surface area (TPSA) is 61.9 Å². The van der Waals surface area contributed by atoms with Crippen molar-refractivity contribution in [2.75, 3.05) is 5.32 Å². The monoisotopic (exact) mass is 255 g/mol. The summed E-state index contributed by atoms with van der Waals surface area (Å²) in [6.07, 6.45) is 0. The molecule has 0 fully saturated rings. The summed E-state index contributed by atoms with van der Waals surface area (Å²) in [5.74, 6) is 2.52. The number of nitriles is 1. The Labute approximate surface area is 113 Å². The minimum atomic E-state index is 0.0818. The molecule has 0 saturated carbocycles. The van der Waals surface area contributed by atoms with Crippen LogP contribution in [0.15, 0.2) is 22.6 Å². The number of furan rings is 1. The summed E-state index contributed by atoms with van der Waals surface area (Å²) in [4.78, 5) is 4.39. The second kappa shape index (κ2) is 5.15. The molecule has 0 spiro atoms. The fraction of sp³-hybridized carbons (Fsp3) is 0.333. The zero-order valence-electron chi connectivity index (χ0n) is 11.6. The van der Waals surface area contributed by atoms with Gasteiger partial charge in [-0.2, -0.15) is 5.26 Å². The van der Waals surface area contributed by atoms with Crippen molar-refractivity contribution in [1.29, 1.82) is 5.26 Å². The predicted molar refractivity (Wildman–Crippen MR) is 73.9 cm³/mol. The third kappa shape index (κ3) is 2.94. The van der Waals surface area contributed by atoms with Crippen molar-refractivity contribution >= 4 is 5.82 Å².